The molecule has 2 N–H and O–H groups in total. The molecule has 27 heavy (non-hydrogen) atoms. The molecule has 0 bridgehead atoms. The maximum atomic E-state index is 12.5. The second kappa shape index (κ2) is 6.95. The van der Waals surface area contributed by atoms with Gasteiger partial charge in [-0.1, -0.05) is 23.4 Å². The third-order valence-electron chi connectivity index (χ3n) is 4.28. The van der Waals surface area contributed by atoms with E-state index in [0.717, 1.165) is 28.1 Å². The van der Waals surface area contributed by atoms with Crippen LogP contribution < -0.4 is 10.1 Å². The molecule has 0 aliphatic heterocycles. The largest absolute Gasteiger partial charge is 0.489 e. The molecule has 7 nitrogen and oxygen atoms in total. The molecule has 0 aliphatic rings. The lowest BCUT2D eigenvalue weighted by molar-refractivity contribution is 0.102. The topological polar surface area (TPSA) is 93.0 Å². The molecule has 0 atom stereocenters. The number of ether oxygens (including phenoxy) is 1. The van der Waals surface area contributed by atoms with Crippen LogP contribution in [0.2, 0.25) is 0 Å². The van der Waals surface area contributed by atoms with Gasteiger partial charge < -0.3 is 14.2 Å². The van der Waals surface area contributed by atoms with Crippen LogP contribution in [0.15, 0.2) is 53.1 Å². The highest BCUT2D eigenvalue weighted by Crippen LogP contribution is 2.19. The van der Waals surface area contributed by atoms with Crippen molar-refractivity contribution in [1.82, 2.24) is 15.1 Å². The normalized spacial score (nSPS) is 10.9. The van der Waals surface area contributed by atoms with Gasteiger partial charge in [-0.3, -0.25) is 10.1 Å². The van der Waals surface area contributed by atoms with Crippen molar-refractivity contribution < 1.29 is 14.1 Å². The van der Waals surface area contributed by atoms with E-state index in [1.807, 2.05) is 38.1 Å². The molecule has 0 radical (unpaired) electrons. The Hall–Kier alpha value is -3.61. The van der Waals surface area contributed by atoms with Crippen LogP contribution in [0.4, 0.5) is 5.95 Å². The fourth-order valence-electron chi connectivity index (χ4n) is 2.78. The molecule has 0 fully saturated rings. The van der Waals surface area contributed by atoms with E-state index in [1.54, 1.807) is 24.3 Å². The maximum absolute atomic E-state index is 12.5. The van der Waals surface area contributed by atoms with E-state index in [2.05, 4.69) is 20.4 Å². The number of carbonyl (C=O) groups excluding carboxylic acids is 1. The summed E-state index contributed by atoms with van der Waals surface area (Å²) in [6.45, 7) is 4.04. The van der Waals surface area contributed by atoms with Gasteiger partial charge in [0.2, 0.25) is 5.95 Å². The van der Waals surface area contributed by atoms with Gasteiger partial charge in [-0.2, -0.15) is 0 Å². The first-order chi connectivity index (χ1) is 13.1. The lowest BCUT2D eigenvalue weighted by Gasteiger charge is -2.08. The number of H-pyrrole nitrogens is 1. The first-order valence-electron chi connectivity index (χ1n) is 8.51. The number of aromatic nitrogens is 3. The fraction of sp³-hybridized carbons (Fsp3) is 0.150. The minimum Gasteiger partial charge on any atom is -0.489 e. The number of nitrogens with zero attached hydrogens (tertiary/aromatic N) is 2. The van der Waals surface area contributed by atoms with Crippen LogP contribution >= 0.6 is 0 Å². The minimum atomic E-state index is -0.267. The Morgan fingerprint density at radius 3 is 2.81 bits per heavy atom. The lowest BCUT2D eigenvalue weighted by atomic mass is 10.2. The molecule has 1 amide bonds. The van der Waals surface area contributed by atoms with E-state index in [9.17, 15) is 4.79 Å². The van der Waals surface area contributed by atoms with Crippen molar-refractivity contribution in [1.29, 1.82) is 0 Å². The zero-order valence-electron chi connectivity index (χ0n) is 14.9. The third-order valence-corrected chi connectivity index (χ3v) is 4.28. The number of amides is 1. The van der Waals surface area contributed by atoms with Gasteiger partial charge >= 0.3 is 0 Å². The Labute approximate surface area is 155 Å². The summed E-state index contributed by atoms with van der Waals surface area (Å²) in [7, 11) is 0. The Kier molecular flexibility index (Phi) is 4.33. The quantitative estimate of drug-likeness (QED) is 0.560. The first-order valence-corrected chi connectivity index (χ1v) is 8.51. The number of fused-ring (bicyclic) bond motifs is 1. The fourth-order valence-corrected chi connectivity index (χ4v) is 2.78. The molecule has 0 saturated carbocycles. The SMILES string of the molecule is Cc1noc(C)c1COc1cccc(C(=O)Nc2nc3ccccc3[nH]2)c1. The van der Waals surface area contributed by atoms with E-state index in [4.69, 9.17) is 9.26 Å². The highest BCUT2D eigenvalue weighted by atomic mass is 16.5. The van der Waals surface area contributed by atoms with E-state index in [1.165, 1.54) is 0 Å². The van der Waals surface area contributed by atoms with Gasteiger partial charge in [0.1, 0.15) is 18.1 Å². The molecule has 0 saturated heterocycles. The Balaban J connectivity index is 1.47. The number of rotatable bonds is 5. The molecule has 0 unspecified atom stereocenters. The molecule has 2 aromatic carbocycles. The van der Waals surface area contributed by atoms with Crippen LogP contribution in [0.5, 0.6) is 5.75 Å². The number of anilines is 1. The Morgan fingerprint density at radius 2 is 2.04 bits per heavy atom. The molecular formula is C20H18N4O3. The number of nitrogens with one attached hydrogen (secondary N) is 2. The van der Waals surface area contributed by atoms with Gasteiger partial charge in [0.05, 0.1) is 22.3 Å². The molecule has 4 rings (SSSR count). The monoisotopic (exact) mass is 362 g/mol. The summed E-state index contributed by atoms with van der Waals surface area (Å²) in [5.41, 5.74) is 3.85. The van der Waals surface area contributed by atoms with Crippen molar-refractivity contribution in [3.63, 3.8) is 0 Å². The van der Waals surface area contributed by atoms with E-state index in [0.29, 0.717) is 23.9 Å². The van der Waals surface area contributed by atoms with Gasteiger partial charge in [-0.25, -0.2) is 4.98 Å². The molecule has 136 valence electrons. The van der Waals surface area contributed by atoms with Gasteiger partial charge in [-0.15, -0.1) is 0 Å². The van der Waals surface area contributed by atoms with Crippen LogP contribution in [0.1, 0.15) is 27.4 Å². The molecule has 4 aromatic rings. The molecular weight excluding hydrogens is 344 g/mol. The zero-order valence-corrected chi connectivity index (χ0v) is 14.9. The Morgan fingerprint density at radius 1 is 1.19 bits per heavy atom. The number of hydrogen-bond acceptors (Lipinski definition) is 5. The summed E-state index contributed by atoms with van der Waals surface area (Å²) in [4.78, 5) is 20.0. The number of aryl methyl sites for hydroxylation is 2. The standard InChI is InChI=1S/C20H18N4O3/c1-12-16(13(2)27-24-12)11-26-15-7-5-6-14(10-15)19(25)23-20-21-17-8-3-4-9-18(17)22-20/h3-10H,11H2,1-2H3,(H2,21,22,23,25). The van der Waals surface area contributed by atoms with Crippen molar-refractivity contribution in [2.24, 2.45) is 0 Å². The van der Waals surface area contributed by atoms with E-state index in [-0.39, 0.29) is 5.91 Å². The summed E-state index contributed by atoms with van der Waals surface area (Å²) >= 11 is 0. The number of carbonyl (C=O) groups is 1. The van der Waals surface area contributed by atoms with Crippen molar-refractivity contribution >= 4 is 22.9 Å². The van der Waals surface area contributed by atoms with Crippen molar-refractivity contribution in [2.45, 2.75) is 20.5 Å². The lowest BCUT2D eigenvalue weighted by Crippen LogP contribution is -2.13. The number of hydrogen-bond donors (Lipinski definition) is 2. The number of imidazole rings is 1. The van der Waals surface area contributed by atoms with Gasteiger partial charge in [0.25, 0.3) is 5.91 Å². The molecule has 2 aromatic heterocycles. The third kappa shape index (κ3) is 3.52. The van der Waals surface area contributed by atoms with Crippen LogP contribution in [-0.4, -0.2) is 21.0 Å². The summed E-state index contributed by atoms with van der Waals surface area (Å²) in [5, 5.41) is 6.69. The van der Waals surface area contributed by atoms with Crippen molar-refractivity contribution in [2.75, 3.05) is 5.32 Å². The summed E-state index contributed by atoms with van der Waals surface area (Å²) in [6.07, 6.45) is 0. The molecule has 0 spiro atoms. The van der Waals surface area contributed by atoms with Crippen molar-refractivity contribution in [3.8, 4) is 5.75 Å². The molecule has 0 aliphatic carbocycles. The van der Waals surface area contributed by atoms with E-state index >= 15 is 0 Å². The van der Waals surface area contributed by atoms with Crippen LogP contribution in [-0.2, 0) is 6.61 Å². The van der Waals surface area contributed by atoms with Gasteiger partial charge in [0.15, 0.2) is 0 Å². The number of aromatic amines is 1. The maximum Gasteiger partial charge on any atom is 0.258 e. The highest BCUT2D eigenvalue weighted by molar-refractivity contribution is 6.04. The first kappa shape index (κ1) is 16.8. The van der Waals surface area contributed by atoms with Crippen LogP contribution in [0.25, 0.3) is 11.0 Å². The minimum absolute atomic E-state index is 0.267. The zero-order chi connectivity index (χ0) is 18.8. The summed E-state index contributed by atoms with van der Waals surface area (Å²) < 4.78 is 10.9. The second-order valence-electron chi connectivity index (χ2n) is 6.18. The summed E-state index contributed by atoms with van der Waals surface area (Å²) in [6, 6.07) is 14.6. The average molecular weight is 362 g/mol. The van der Waals surface area contributed by atoms with Gasteiger partial charge in [-0.05, 0) is 44.2 Å². The Bertz CT molecular complexity index is 1060. The van der Waals surface area contributed by atoms with Crippen molar-refractivity contribution in [3.05, 3.63) is 71.1 Å². The predicted molar refractivity (Wildman–Crippen MR) is 101 cm³/mol. The predicted octanol–water partition coefficient (Wildman–Crippen LogP) is 4.00. The summed E-state index contributed by atoms with van der Waals surface area (Å²) in [5.74, 6) is 1.46. The van der Waals surface area contributed by atoms with Crippen LogP contribution in [0, 0.1) is 13.8 Å². The van der Waals surface area contributed by atoms with Gasteiger partial charge in [0, 0.05) is 5.56 Å². The second-order valence-corrected chi connectivity index (χ2v) is 6.18. The molecule has 7 heteroatoms. The molecule has 2 heterocycles. The number of para-hydroxylation sites is 2. The van der Waals surface area contributed by atoms with Crippen LogP contribution in [0.3, 0.4) is 0 Å². The number of benzene rings is 2. The highest BCUT2D eigenvalue weighted by Gasteiger charge is 2.12. The average Bonchev–Trinajstić information content (AvgIpc) is 3.22. The smallest absolute Gasteiger partial charge is 0.258 e. The van der Waals surface area contributed by atoms with E-state index < -0.39 is 0 Å².